The summed E-state index contributed by atoms with van der Waals surface area (Å²) in [5, 5.41) is 0.824. The van der Waals surface area contributed by atoms with E-state index in [4.69, 9.17) is 4.74 Å². The van der Waals surface area contributed by atoms with E-state index in [9.17, 15) is 0 Å². The third-order valence-corrected chi connectivity index (χ3v) is 3.83. The zero-order chi connectivity index (χ0) is 10.2. The molecule has 82 valence electrons. The van der Waals surface area contributed by atoms with Crippen LogP contribution >= 0.6 is 11.8 Å². The summed E-state index contributed by atoms with van der Waals surface area (Å²) in [5.74, 6) is 0. The predicted octanol–water partition coefficient (Wildman–Crippen LogP) is 3.99. The van der Waals surface area contributed by atoms with Gasteiger partial charge in [-0.1, -0.05) is 32.8 Å². The van der Waals surface area contributed by atoms with E-state index in [2.05, 4.69) is 26.0 Å². The van der Waals surface area contributed by atoms with Crippen LogP contribution in [0.3, 0.4) is 0 Å². The highest BCUT2D eigenvalue weighted by molar-refractivity contribution is 8.00. The van der Waals surface area contributed by atoms with Crippen molar-refractivity contribution >= 4 is 11.8 Å². The van der Waals surface area contributed by atoms with Crippen LogP contribution < -0.4 is 0 Å². The van der Waals surface area contributed by atoms with Crippen molar-refractivity contribution in [3.8, 4) is 0 Å². The van der Waals surface area contributed by atoms with Crippen molar-refractivity contribution in [3.05, 3.63) is 12.2 Å². The van der Waals surface area contributed by atoms with E-state index in [1.54, 1.807) is 0 Å². The lowest BCUT2D eigenvalue weighted by Gasteiger charge is -2.27. The quantitative estimate of drug-likeness (QED) is 0.640. The van der Waals surface area contributed by atoms with Gasteiger partial charge < -0.3 is 4.74 Å². The van der Waals surface area contributed by atoms with Crippen LogP contribution in [0.5, 0.6) is 0 Å². The molecule has 1 fully saturated rings. The Labute approximate surface area is 92.3 Å². The van der Waals surface area contributed by atoms with Crippen LogP contribution in [0.2, 0.25) is 0 Å². The molecule has 1 heterocycles. The van der Waals surface area contributed by atoms with Crippen LogP contribution in [-0.4, -0.2) is 17.3 Å². The van der Waals surface area contributed by atoms with Gasteiger partial charge in [0.25, 0.3) is 0 Å². The maximum absolute atomic E-state index is 5.68. The van der Waals surface area contributed by atoms with Gasteiger partial charge in [-0.05, 0) is 25.3 Å². The zero-order valence-corrected chi connectivity index (χ0v) is 10.2. The van der Waals surface area contributed by atoms with Crippen LogP contribution in [0.4, 0.5) is 0 Å². The summed E-state index contributed by atoms with van der Waals surface area (Å²) >= 11 is 2.00. The molecule has 0 radical (unpaired) electrons. The normalized spacial score (nSPS) is 28.4. The first-order valence-corrected chi connectivity index (χ1v) is 6.74. The summed E-state index contributed by atoms with van der Waals surface area (Å²) in [6, 6.07) is 0. The maximum atomic E-state index is 5.68. The SMILES string of the molecule is CCCC=CC1OCCC(CCC)S1. The molecule has 0 bridgehead atoms. The first kappa shape index (κ1) is 12.1. The van der Waals surface area contributed by atoms with Crippen molar-refractivity contribution < 1.29 is 4.74 Å². The molecular formula is C12H22OS. The van der Waals surface area contributed by atoms with E-state index < -0.39 is 0 Å². The maximum Gasteiger partial charge on any atom is 0.121 e. The number of thioether (sulfide) groups is 1. The lowest BCUT2D eigenvalue weighted by Crippen LogP contribution is -2.21. The Morgan fingerprint density at radius 3 is 2.93 bits per heavy atom. The number of rotatable bonds is 5. The predicted molar refractivity (Wildman–Crippen MR) is 64.7 cm³/mol. The van der Waals surface area contributed by atoms with Crippen molar-refractivity contribution in [2.75, 3.05) is 6.61 Å². The average molecular weight is 214 g/mol. The first-order valence-electron chi connectivity index (χ1n) is 5.80. The van der Waals surface area contributed by atoms with E-state index >= 15 is 0 Å². The Hall–Kier alpha value is 0.0500. The molecule has 1 aliphatic heterocycles. The molecule has 0 amide bonds. The number of hydrogen-bond acceptors (Lipinski definition) is 2. The molecule has 14 heavy (non-hydrogen) atoms. The molecule has 0 aliphatic carbocycles. The number of ether oxygens (including phenoxy) is 1. The second kappa shape index (κ2) is 7.36. The molecule has 1 rings (SSSR count). The van der Waals surface area contributed by atoms with E-state index in [1.807, 2.05) is 11.8 Å². The average Bonchev–Trinajstić information content (AvgIpc) is 2.19. The molecule has 2 heteroatoms. The Morgan fingerprint density at radius 1 is 1.36 bits per heavy atom. The molecule has 0 spiro atoms. The summed E-state index contributed by atoms with van der Waals surface area (Å²) in [7, 11) is 0. The second-order valence-corrected chi connectivity index (χ2v) is 5.19. The Balaban J connectivity index is 2.25. The molecule has 1 saturated heterocycles. The Kier molecular flexibility index (Phi) is 6.37. The molecule has 1 nitrogen and oxygen atoms in total. The molecule has 2 unspecified atom stereocenters. The van der Waals surface area contributed by atoms with Gasteiger partial charge in [-0.2, -0.15) is 0 Å². The highest BCUT2D eigenvalue weighted by Crippen LogP contribution is 2.30. The van der Waals surface area contributed by atoms with Crippen LogP contribution in [-0.2, 0) is 4.74 Å². The van der Waals surface area contributed by atoms with Crippen molar-refractivity contribution in [2.45, 2.75) is 56.6 Å². The second-order valence-electron chi connectivity index (χ2n) is 3.79. The minimum Gasteiger partial charge on any atom is -0.363 e. The molecular weight excluding hydrogens is 192 g/mol. The van der Waals surface area contributed by atoms with Gasteiger partial charge in [0.2, 0.25) is 0 Å². The first-order chi connectivity index (χ1) is 6.86. The minimum atomic E-state index is 0.326. The fourth-order valence-corrected chi connectivity index (χ4v) is 2.98. The Morgan fingerprint density at radius 2 is 2.21 bits per heavy atom. The monoisotopic (exact) mass is 214 g/mol. The van der Waals surface area contributed by atoms with Gasteiger partial charge >= 0.3 is 0 Å². The minimum absolute atomic E-state index is 0.326. The largest absolute Gasteiger partial charge is 0.363 e. The van der Waals surface area contributed by atoms with Crippen molar-refractivity contribution in [1.82, 2.24) is 0 Å². The number of hydrogen-bond donors (Lipinski definition) is 0. The lowest BCUT2D eigenvalue weighted by atomic mass is 10.2. The van der Waals surface area contributed by atoms with Gasteiger partial charge in [0.1, 0.15) is 5.44 Å². The van der Waals surface area contributed by atoms with Crippen molar-refractivity contribution in [1.29, 1.82) is 0 Å². The molecule has 0 saturated carbocycles. The van der Waals surface area contributed by atoms with Crippen LogP contribution in [0.15, 0.2) is 12.2 Å². The third kappa shape index (κ3) is 4.52. The summed E-state index contributed by atoms with van der Waals surface area (Å²) in [6.45, 7) is 5.41. The van der Waals surface area contributed by atoms with E-state index in [0.717, 1.165) is 11.9 Å². The highest BCUT2D eigenvalue weighted by atomic mass is 32.2. The van der Waals surface area contributed by atoms with Gasteiger partial charge in [0, 0.05) is 11.9 Å². The summed E-state index contributed by atoms with van der Waals surface area (Å²) in [6.07, 6.45) is 10.8. The summed E-state index contributed by atoms with van der Waals surface area (Å²) in [4.78, 5) is 0. The third-order valence-electron chi connectivity index (χ3n) is 2.41. The van der Waals surface area contributed by atoms with Crippen LogP contribution in [0.1, 0.15) is 46.0 Å². The fraction of sp³-hybridized carbons (Fsp3) is 0.833. The summed E-state index contributed by atoms with van der Waals surface area (Å²) < 4.78 is 5.68. The highest BCUT2D eigenvalue weighted by Gasteiger charge is 2.19. The lowest BCUT2D eigenvalue weighted by molar-refractivity contribution is 0.125. The molecule has 0 aromatic carbocycles. The Bertz CT molecular complexity index is 166. The van der Waals surface area contributed by atoms with E-state index in [0.29, 0.717) is 5.44 Å². The topological polar surface area (TPSA) is 9.23 Å². The zero-order valence-electron chi connectivity index (χ0n) is 9.37. The molecule has 0 aromatic rings. The molecule has 0 N–H and O–H groups in total. The number of allylic oxidation sites excluding steroid dienone is 1. The van der Waals surface area contributed by atoms with E-state index in [1.165, 1.54) is 32.1 Å². The van der Waals surface area contributed by atoms with Gasteiger partial charge in [0.05, 0.1) is 0 Å². The van der Waals surface area contributed by atoms with Gasteiger partial charge in [-0.15, -0.1) is 11.8 Å². The molecule has 0 aromatic heterocycles. The van der Waals surface area contributed by atoms with Crippen molar-refractivity contribution in [2.24, 2.45) is 0 Å². The van der Waals surface area contributed by atoms with Crippen molar-refractivity contribution in [3.63, 3.8) is 0 Å². The van der Waals surface area contributed by atoms with Gasteiger partial charge in [-0.3, -0.25) is 0 Å². The van der Waals surface area contributed by atoms with Gasteiger partial charge in [-0.25, -0.2) is 0 Å². The standard InChI is InChI=1S/C12H22OS/c1-3-5-6-8-12-13-10-9-11(14-12)7-4-2/h6,8,11-12H,3-5,7,9-10H2,1-2H3. The summed E-state index contributed by atoms with van der Waals surface area (Å²) in [5.41, 5.74) is 0.326. The van der Waals surface area contributed by atoms with Gasteiger partial charge in [0.15, 0.2) is 0 Å². The van der Waals surface area contributed by atoms with E-state index in [-0.39, 0.29) is 0 Å². The molecule has 1 aliphatic rings. The smallest absolute Gasteiger partial charge is 0.121 e. The number of unbranched alkanes of at least 4 members (excludes halogenated alkanes) is 1. The molecule has 2 atom stereocenters. The fourth-order valence-electron chi connectivity index (χ4n) is 1.62. The van der Waals surface area contributed by atoms with Crippen LogP contribution in [0, 0.1) is 0 Å². The van der Waals surface area contributed by atoms with Crippen LogP contribution in [0.25, 0.3) is 0 Å².